The Labute approximate surface area is 86.0 Å². The van der Waals surface area contributed by atoms with E-state index in [1.54, 1.807) is 20.1 Å². The van der Waals surface area contributed by atoms with Gasteiger partial charge >= 0.3 is 0 Å². The molecule has 0 aromatic heterocycles. The Balaban J connectivity index is 3.18. The fourth-order valence-electron chi connectivity index (χ4n) is 1.13. The monoisotopic (exact) mass is 242 g/mol. The van der Waals surface area contributed by atoms with Gasteiger partial charge in [0.1, 0.15) is 5.75 Å². The summed E-state index contributed by atoms with van der Waals surface area (Å²) in [5.74, 6) is 0.781. The van der Waals surface area contributed by atoms with Crippen LogP contribution < -0.4 is 4.74 Å². The maximum absolute atomic E-state index is 11.2. The summed E-state index contributed by atoms with van der Waals surface area (Å²) in [6.07, 6.45) is 0. The van der Waals surface area contributed by atoms with Crippen molar-refractivity contribution >= 4 is 21.7 Å². The Hall–Kier alpha value is -0.830. The largest absolute Gasteiger partial charge is 0.497 e. The first-order valence-corrected chi connectivity index (χ1v) is 5.05. The number of ketones is 1. The first-order chi connectivity index (χ1) is 6.19. The molecule has 13 heavy (non-hydrogen) atoms. The molecular formula is C10H11BrO2. The van der Waals surface area contributed by atoms with E-state index in [0.717, 1.165) is 16.9 Å². The summed E-state index contributed by atoms with van der Waals surface area (Å²) < 4.78 is 5.04. The smallest absolute Gasteiger partial charge is 0.160 e. The third kappa shape index (κ3) is 2.31. The number of Topliss-reactive ketones (excluding diaryl/α,β-unsaturated/α-hetero) is 1. The molecule has 0 aliphatic heterocycles. The summed E-state index contributed by atoms with van der Waals surface area (Å²) in [6.45, 7) is 1.56. The fraction of sp³-hybridized carbons (Fsp3) is 0.300. The average Bonchev–Trinajstić information content (AvgIpc) is 2.16. The molecule has 2 nitrogen and oxygen atoms in total. The molecule has 0 atom stereocenters. The highest BCUT2D eigenvalue weighted by Gasteiger charge is 2.07. The van der Waals surface area contributed by atoms with Crippen molar-refractivity contribution in [1.82, 2.24) is 0 Å². The van der Waals surface area contributed by atoms with Crippen molar-refractivity contribution in [2.75, 3.05) is 7.11 Å². The number of hydrogen-bond donors (Lipinski definition) is 0. The van der Waals surface area contributed by atoms with Crippen molar-refractivity contribution in [2.24, 2.45) is 0 Å². The number of rotatable bonds is 3. The van der Waals surface area contributed by atoms with Crippen LogP contribution in [0.5, 0.6) is 5.75 Å². The minimum absolute atomic E-state index is 0.0633. The molecule has 0 aliphatic carbocycles. The second-order valence-corrected chi connectivity index (χ2v) is 3.27. The summed E-state index contributed by atoms with van der Waals surface area (Å²) >= 11 is 3.33. The maximum Gasteiger partial charge on any atom is 0.160 e. The van der Waals surface area contributed by atoms with Crippen molar-refractivity contribution in [3.8, 4) is 5.75 Å². The van der Waals surface area contributed by atoms with E-state index >= 15 is 0 Å². The van der Waals surface area contributed by atoms with Gasteiger partial charge in [-0.2, -0.15) is 0 Å². The lowest BCUT2D eigenvalue weighted by Gasteiger charge is -2.06. The minimum Gasteiger partial charge on any atom is -0.497 e. The zero-order valence-electron chi connectivity index (χ0n) is 7.63. The van der Waals surface area contributed by atoms with Gasteiger partial charge in [-0.1, -0.05) is 22.0 Å². The van der Waals surface area contributed by atoms with E-state index in [4.69, 9.17) is 4.74 Å². The Morgan fingerprint density at radius 3 is 2.69 bits per heavy atom. The number of halogens is 1. The molecule has 0 saturated heterocycles. The normalized spacial score (nSPS) is 9.77. The van der Waals surface area contributed by atoms with Crippen molar-refractivity contribution < 1.29 is 9.53 Å². The zero-order chi connectivity index (χ0) is 9.84. The van der Waals surface area contributed by atoms with Gasteiger partial charge in [0, 0.05) is 10.9 Å². The summed E-state index contributed by atoms with van der Waals surface area (Å²) in [7, 11) is 1.59. The van der Waals surface area contributed by atoms with E-state index in [1.165, 1.54) is 0 Å². The van der Waals surface area contributed by atoms with Crippen LogP contribution in [0, 0.1) is 0 Å². The second-order valence-electron chi connectivity index (χ2n) is 2.71. The molecule has 0 bridgehead atoms. The van der Waals surface area contributed by atoms with E-state index in [2.05, 4.69) is 15.9 Å². The van der Waals surface area contributed by atoms with Gasteiger partial charge in [-0.05, 0) is 24.6 Å². The molecule has 0 N–H and O–H groups in total. The van der Waals surface area contributed by atoms with Gasteiger partial charge in [-0.3, -0.25) is 4.79 Å². The molecule has 0 heterocycles. The van der Waals surface area contributed by atoms with Crippen molar-refractivity contribution in [2.45, 2.75) is 12.3 Å². The Bertz CT molecular complexity index is 321. The first-order valence-electron chi connectivity index (χ1n) is 3.93. The van der Waals surface area contributed by atoms with Crippen LogP contribution in [-0.2, 0) is 5.33 Å². The molecule has 0 unspecified atom stereocenters. The summed E-state index contributed by atoms with van der Waals surface area (Å²) in [6, 6.07) is 5.51. The van der Waals surface area contributed by atoms with Gasteiger partial charge < -0.3 is 4.74 Å². The highest BCUT2D eigenvalue weighted by Crippen LogP contribution is 2.20. The molecule has 1 rings (SSSR count). The van der Waals surface area contributed by atoms with Gasteiger partial charge in [-0.25, -0.2) is 0 Å². The van der Waals surface area contributed by atoms with Crippen molar-refractivity contribution in [3.63, 3.8) is 0 Å². The van der Waals surface area contributed by atoms with E-state index in [9.17, 15) is 4.79 Å². The second kappa shape index (κ2) is 4.42. The first kappa shape index (κ1) is 10.3. The number of hydrogen-bond acceptors (Lipinski definition) is 2. The average molecular weight is 243 g/mol. The molecule has 1 aromatic carbocycles. The van der Waals surface area contributed by atoms with E-state index in [-0.39, 0.29) is 5.78 Å². The standard InChI is InChI=1S/C10H11BrO2/c1-7(12)10-5-9(13-2)4-3-8(10)6-11/h3-5H,6H2,1-2H3. The van der Waals surface area contributed by atoms with Crippen LogP contribution in [-0.4, -0.2) is 12.9 Å². The van der Waals surface area contributed by atoms with Gasteiger partial charge in [0.05, 0.1) is 7.11 Å². The van der Waals surface area contributed by atoms with Crippen molar-refractivity contribution in [3.05, 3.63) is 29.3 Å². The molecule has 1 aromatic rings. The van der Waals surface area contributed by atoms with Crippen LogP contribution in [0.1, 0.15) is 22.8 Å². The third-order valence-electron chi connectivity index (χ3n) is 1.84. The molecule has 3 heteroatoms. The van der Waals surface area contributed by atoms with E-state index in [0.29, 0.717) is 5.33 Å². The number of ether oxygens (including phenoxy) is 1. The summed E-state index contributed by atoms with van der Waals surface area (Å²) in [5, 5.41) is 0.686. The van der Waals surface area contributed by atoms with Gasteiger partial charge in [0.2, 0.25) is 0 Å². The number of methoxy groups -OCH3 is 1. The van der Waals surface area contributed by atoms with Crippen LogP contribution in [0.25, 0.3) is 0 Å². The Morgan fingerprint density at radius 1 is 1.54 bits per heavy atom. The molecule has 0 saturated carbocycles. The molecule has 0 aliphatic rings. The quantitative estimate of drug-likeness (QED) is 0.602. The molecule has 70 valence electrons. The van der Waals surface area contributed by atoms with Crippen LogP contribution in [0.15, 0.2) is 18.2 Å². The van der Waals surface area contributed by atoms with Gasteiger partial charge in [0.25, 0.3) is 0 Å². The molecular weight excluding hydrogens is 232 g/mol. The van der Waals surface area contributed by atoms with E-state index in [1.807, 2.05) is 12.1 Å². The lowest BCUT2D eigenvalue weighted by molar-refractivity contribution is 0.101. The molecule has 0 amide bonds. The topological polar surface area (TPSA) is 26.3 Å². The Kier molecular flexibility index (Phi) is 3.48. The highest BCUT2D eigenvalue weighted by atomic mass is 79.9. The van der Waals surface area contributed by atoms with Crippen LogP contribution in [0.4, 0.5) is 0 Å². The third-order valence-corrected chi connectivity index (χ3v) is 2.44. The number of benzene rings is 1. The zero-order valence-corrected chi connectivity index (χ0v) is 9.22. The van der Waals surface area contributed by atoms with Gasteiger partial charge in [0.15, 0.2) is 5.78 Å². The predicted octanol–water partition coefficient (Wildman–Crippen LogP) is 2.79. The minimum atomic E-state index is 0.0633. The predicted molar refractivity (Wildman–Crippen MR) is 55.6 cm³/mol. The maximum atomic E-state index is 11.2. The molecule has 0 spiro atoms. The Morgan fingerprint density at radius 2 is 2.23 bits per heavy atom. The van der Waals surface area contributed by atoms with Crippen LogP contribution in [0.2, 0.25) is 0 Å². The van der Waals surface area contributed by atoms with Crippen LogP contribution in [0.3, 0.4) is 0 Å². The van der Waals surface area contributed by atoms with Gasteiger partial charge in [-0.15, -0.1) is 0 Å². The SMILES string of the molecule is COc1ccc(CBr)c(C(C)=O)c1. The number of carbonyl (C=O) groups is 1. The number of alkyl halides is 1. The van der Waals surface area contributed by atoms with E-state index < -0.39 is 0 Å². The molecule has 0 radical (unpaired) electrons. The summed E-state index contributed by atoms with van der Waals surface area (Å²) in [5.41, 5.74) is 1.71. The highest BCUT2D eigenvalue weighted by molar-refractivity contribution is 9.08. The lowest BCUT2D eigenvalue weighted by atomic mass is 10.1. The van der Waals surface area contributed by atoms with Crippen LogP contribution >= 0.6 is 15.9 Å². The fourth-order valence-corrected chi connectivity index (χ4v) is 1.62. The molecule has 0 fully saturated rings. The lowest BCUT2D eigenvalue weighted by Crippen LogP contribution is -1.98. The number of carbonyl (C=O) groups excluding carboxylic acids is 1. The summed E-state index contributed by atoms with van der Waals surface area (Å²) in [4.78, 5) is 11.2. The van der Waals surface area contributed by atoms with Crippen molar-refractivity contribution in [1.29, 1.82) is 0 Å².